The molecule has 0 radical (unpaired) electrons. The van der Waals surface area contributed by atoms with E-state index in [1.165, 1.54) is 63.4 Å². The first-order valence-electron chi connectivity index (χ1n) is 12.0. The number of hydrogen-bond donors (Lipinski definition) is 0. The van der Waals surface area contributed by atoms with Crippen LogP contribution >= 0.6 is 0 Å². The number of carbonyl (C=O) groups excluding carboxylic acids is 1. The Morgan fingerprint density at radius 1 is 0.857 bits per heavy atom. The van der Waals surface area contributed by atoms with Crippen LogP contribution < -0.4 is 4.74 Å². The molecule has 0 N–H and O–H groups in total. The molecule has 0 unspecified atom stereocenters. The number of ether oxygens (including phenoxy) is 1. The lowest BCUT2D eigenvalue weighted by Crippen LogP contribution is -2.30. The highest BCUT2D eigenvalue weighted by Gasteiger charge is 2.33. The lowest BCUT2D eigenvalue weighted by atomic mass is 9.68. The van der Waals surface area contributed by atoms with Gasteiger partial charge in [0.05, 0.1) is 5.92 Å². The molecule has 2 nitrogen and oxygen atoms in total. The van der Waals surface area contributed by atoms with Gasteiger partial charge in [0.25, 0.3) is 0 Å². The van der Waals surface area contributed by atoms with Gasteiger partial charge in [-0.25, -0.2) is 0 Å². The highest BCUT2D eigenvalue weighted by atomic mass is 16.5. The van der Waals surface area contributed by atoms with Crippen LogP contribution in [0.3, 0.4) is 0 Å². The van der Waals surface area contributed by atoms with E-state index in [4.69, 9.17) is 4.74 Å². The van der Waals surface area contributed by atoms with Crippen molar-refractivity contribution in [2.75, 3.05) is 0 Å². The van der Waals surface area contributed by atoms with Crippen molar-refractivity contribution in [2.45, 2.75) is 97.3 Å². The van der Waals surface area contributed by atoms with E-state index < -0.39 is 0 Å². The Morgan fingerprint density at radius 2 is 1.46 bits per heavy atom. The van der Waals surface area contributed by atoms with Gasteiger partial charge in [0.1, 0.15) is 5.75 Å². The van der Waals surface area contributed by atoms with Crippen LogP contribution in [0, 0.1) is 23.7 Å². The van der Waals surface area contributed by atoms with Crippen LogP contribution in [0.4, 0.5) is 0 Å². The summed E-state index contributed by atoms with van der Waals surface area (Å²) in [6, 6.07) is 8.07. The molecule has 0 atom stereocenters. The second-order valence-electron chi connectivity index (χ2n) is 9.35. The predicted octanol–water partition coefficient (Wildman–Crippen LogP) is 7.35. The minimum Gasteiger partial charge on any atom is -0.426 e. The summed E-state index contributed by atoms with van der Waals surface area (Å²) in [5.41, 5.74) is 1.31. The van der Waals surface area contributed by atoms with Crippen LogP contribution in [0.1, 0.15) is 96.5 Å². The van der Waals surface area contributed by atoms with Gasteiger partial charge in [-0.1, -0.05) is 64.5 Å². The number of rotatable bonds is 8. The van der Waals surface area contributed by atoms with Crippen LogP contribution in [-0.2, 0) is 11.2 Å². The molecule has 2 heteroatoms. The van der Waals surface area contributed by atoms with Crippen LogP contribution in [-0.4, -0.2) is 5.97 Å². The smallest absolute Gasteiger partial charge is 0.314 e. The molecule has 1 aromatic carbocycles. The summed E-state index contributed by atoms with van der Waals surface area (Å²) < 4.78 is 5.68. The van der Waals surface area contributed by atoms with Crippen molar-refractivity contribution in [1.82, 2.24) is 0 Å². The molecular formula is C26H40O2. The zero-order valence-corrected chi connectivity index (χ0v) is 18.1. The molecule has 28 heavy (non-hydrogen) atoms. The predicted molar refractivity (Wildman–Crippen MR) is 116 cm³/mol. The Kier molecular flexibility index (Phi) is 8.43. The zero-order chi connectivity index (χ0) is 19.8. The summed E-state index contributed by atoms with van der Waals surface area (Å²) in [6.07, 6.45) is 16.6. The van der Waals surface area contributed by atoms with E-state index >= 15 is 0 Å². The molecule has 0 amide bonds. The normalized spacial score (nSPS) is 28.1. The molecular weight excluding hydrogens is 344 g/mol. The molecule has 0 spiro atoms. The topological polar surface area (TPSA) is 26.3 Å². The highest BCUT2D eigenvalue weighted by Crippen LogP contribution is 2.42. The van der Waals surface area contributed by atoms with E-state index in [2.05, 4.69) is 26.0 Å². The maximum atomic E-state index is 12.6. The van der Waals surface area contributed by atoms with Crippen LogP contribution in [0.25, 0.3) is 0 Å². The maximum absolute atomic E-state index is 12.6. The van der Waals surface area contributed by atoms with Crippen molar-refractivity contribution in [3.05, 3.63) is 29.8 Å². The standard InChI is InChI=1S/C26H40O2/c1-3-5-7-21-8-12-22(13-9-21)23-14-16-24(17-15-23)26(27)28-25-18-10-20(6-4-2)11-19-25/h10-11,18-19,21-24H,3-9,12-17H2,1-2H3/t21-,22-,23?,24?. The molecule has 2 saturated carbocycles. The number of esters is 1. The minimum absolute atomic E-state index is 0.00929. The van der Waals surface area contributed by atoms with Gasteiger partial charge < -0.3 is 4.74 Å². The summed E-state index contributed by atoms with van der Waals surface area (Å²) in [7, 11) is 0. The summed E-state index contributed by atoms with van der Waals surface area (Å²) in [6.45, 7) is 4.49. The molecule has 3 rings (SSSR count). The maximum Gasteiger partial charge on any atom is 0.314 e. The van der Waals surface area contributed by atoms with E-state index in [9.17, 15) is 4.79 Å². The lowest BCUT2D eigenvalue weighted by molar-refractivity contribution is -0.140. The van der Waals surface area contributed by atoms with Gasteiger partial charge in [-0.3, -0.25) is 4.79 Å². The average Bonchev–Trinajstić information content (AvgIpc) is 2.74. The first-order valence-corrected chi connectivity index (χ1v) is 12.0. The number of carbonyl (C=O) groups is 1. The number of hydrogen-bond acceptors (Lipinski definition) is 2. The van der Waals surface area contributed by atoms with E-state index in [-0.39, 0.29) is 11.9 Å². The van der Waals surface area contributed by atoms with Gasteiger partial charge in [0.15, 0.2) is 0 Å². The first kappa shape index (κ1) is 21.4. The summed E-state index contributed by atoms with van der Waals surface area (Å²) in [5, 5.41) is 0. The molecule has 2 aliphatic rings. The molecule has 0 heterocycles. The minimum atomic E-state index is -0.00929. The van der Waals surface area contributed by atoms with Crippen molar-refractivity contribution in [1.29, 1.82) is 0 Å². The van der Waals surface area contributed by atoms with E-state index in [0.29, 0.717) is 5.75 Å². The molecule has 1 aromatic rings. The van der Waals surface area contributed by atoms with Gasteiger partial charge in [-0.05, 0) is 80.4 Å². The van der Waals surface area contributed by atoms with Crippen LogP contribution in [0.5, 0.6) is 5.75 Å². The Balaban J connectivity index is 1.39. The van der Waals surface area contributed by atoms with Crippen molar-refractivity contribution in [3.8, 4) is 5.75 Å². The molecule has 0 bridgehead atoms. The zero-order valence-electron chi connectivity index (χ0n) is 18.1. The fourth-order valence-electron chi connectivity index (χ4n) is 5.48. The van der Waals surface area contributed by atoms with Gasteiger partial charge in [0.2, 0.25) is 0 Å². The summed E-state index contributed by atoms with van der Waals surface area (Å²) in [4.78, 5) is 12.6. The Labute approximate surface area is 172 Å². The van der Waals surface area contributed by atoms with Crippen LogP contribution in [0.2, 0.25) is 0 Å². The number of unbranched alkanes of at least 4 members (excludes halogenated alkanes) is 1. The molecule has 0 aromatic heterocycles. The number of benzene rings is 1. The molecule has 2 fully saturated rings. The van der Waals surface area contributed by atoms with Crippen molar-refractivity contribution < 1.29 is 9.53 Å². The van der Waals surface area contributed by atoms with Gasteiger partial charge >= 0.3 is 5.97 Å². The summed E-state index contributed by atoms with van der Waals surface area (Å²) >= 11 is 0. The number of aryl methyl sites for hydroxylation is 1. The average molecular weight is 385 g/mol. The Morgan fingerprint density at radius 3 is 2.04 bits per heavy atom. The van der Waals surface area contributed by atoms with Gasteiger partial charge in [0, 0.05) is 0 Å². The lowest BCUT2D eigenvalue weighted by Gasteiger charge is -2.37. The van der Waals surface area contributed by atoms with Gasteiger partial charge in [-0.2, -0.15) is 0 Å². The Hall–Kier alpha value is -1.31. The fraction of sp³-hybridized carbons (Fsp3) is 0.731. The van der Waals surface area contributed by atoms with E-state index in [0.717, 1.165) is 43.4 Å². The molecule has 156 valence electrons. The fourth-order valence-corrected chi connectivity index (χ4v) is 5.48. The van der Waals surface area contributed by atoms with Crippen LogP contribution in [0.15, 0.2) is 24.3 Å². The van der Waals surface area contributed by atoms with Crippen molar-refractivity contribution >= 4 is 5.97 Å². The molecule has 0 saturated heterocycles. The third-order valence-corrected chi connectivity index (χ3v) is 7.31. The Bertz CT molecular complexity index is 575. The molecule has 2 aliphatic carbocycles. The van der Waals surface area contributed by atoms with E-state index in [1.807, 2.05) is 12.1 Å². The third kappa shape index (κ3) is 6.09. The van der Waals surface area contributed by atoms with Crippen molar-refractivity contribution in [3.63, 3.8) is 0 Å². The second kappa shape index (κ2) is 11.0. The van der Waals surface area contributed by atoms with Crippen molar-refractivity contribution in [2.24, 2.45) is 23.7 Å². The quantitative estimate of drug-likeness (QED) is 0.346. The summed E-state index contributed by atoms with van der Waals surface area (Å²) in [5.74, 6) is 3.56. The molecule has 0 aliphatic heterocycles. The monoisotopic (exact) mass is 384 g/mol. The largest absolute Gasteiger partial charge is 0.426 e. The SMILES string of the molecule is CCCC[C@H]1CC[C@H](C2CCC(C(=O)Oc3ccc(CCC)cc3)CC2)CC1. The highest BCUT2D eigenvalue weighted by molar-refractivity contribution is 5.75. The second-order valence-corrected chi connectivity index (χ2v) is 9.35. The third-order valence-electron chi connectivity index (χ3n) is 7.31. The van der Waals surface area contributed by atoms with E-state index in [1.54, 1.807) is 0 Å². The van der Waals surface area contributed by atoms with Gasteiger partial charge in [-0.15, -0.1) is 0 Å². The first-order chi connectivity index (χ1) is 13.7.